The second-order valence-corrected chi connectivity index (χ2v) is 10.3. The number of rotatable bonds is 7. The maximum atomic E-state index is 14.4. The van der Waals surface area contributed by atoms with Crippen molar-refractivity contribution in [2.45, 2.75) is 52.1 Å². The SMILES string of the molecule is CC#CCn1c(C2CCCN2C(=O)c2cnn(-c3ccccc3)c2CCC)c(-c2ccccc2)c2ccccc21. The van der Waals surface area contributed by atoms with Gasteiger partial charge in [-0.2, -0.15) is 5.10 Å². The van der Waals surface area contributed by atoms with E-state index in [0.29, 0.717) is 12.1 Å². The molecule has 0 aliphatic carbocycles. The molecule has 40 heavy (non-hydrogen) atoms. The lowest BCUT2D eigenvalue weighted by atomic mass is 9.97. The molecule has 1 fully saturated rings. The highest BCUT2D eigenvalue weighted by atomic mass is 16.2. The van der Waals surface area contributed by atoms with E-state index >= 15 is 0 Å². The van der Waals surface area contributed by atoms with E-state index in [9.17, 15) is 4.79 Å². The summed E-state index contributed by atoms with van der Waals surface area (Å²) < 4.78 is 4.27. The van der Waals surface area contributed by atoms with Gasteiger partial charge in [-0.25, -0.2) is 4.68 Å². The van der Waals surface area contributed by atoms with Gasteiger partial charge in [-0.05, 0) is 49.9 Å². The lowest BCUT2D eigenvalue weighted by Gasteiger charge is -2.27. The molecule has 1 unspecified atom stereocenters. The van der Waals surface area contributed by atoms with Gasteiger partial charge in [-0.1, -0.05) is 86.0 Å². The zero-order chi connectivity index (χ0) is 27.5. The van der Waals surface area contributed by atoms with Crippen molar-refractivity contribution in [3.63, 3.8) is 0 Å². The summed E-state index contributed by atoms with van der Waals surface area (Å²) in [6.07, 6.45) is 5.37. The molecule has 0 N–H and O–H groups in total. The maximum Gasteiger partial charge on any atom is 0.257 e. The van der Waals surface area contributed by atoms with Gasteiger partial charge >= 0.3 is 0 Å². The number of carbonyl (C=O) groups is 1. The van der Waals surface area contributed by atoms with Crippen molar-refractivity contribution in [1.29, 1.82) is 0 Å². The molecule has 1 atom stereocenters. The molecule has 1 amide bonds. The van der Waals surface area contributed by atoms with Gasteiger partial charge in [0.15, 0.2) is 0 Å². The van der Waals surface area contributed by atoms with E-state index in [4.69, 9.17) is 5.10 Å². The minimum Gasteiger partial charge on any atom is -0.330 e. The highest BCUT2D eigenvalue weighted by Crippen LogP contribution is 2.44. The van der Waals surface area contributed by atoms with Crippen LogP contribution in [-0.4, -0.2) is 31.7 Å². The number of likely N-dealkylation sites (tertiary alicyclic amines) is 1. The van der Waals surface area contributed by atoms with Crippen LogP contribution in [0.2, 0.25) is 0 Å². The summed E-state index contributed by atoms with van der Waals surface area (Å²) >= 11 is 0. The predicted octanol–water partition coefficient (Wildman–Crippen LogP) is 7.45. The van der Waals surface area contributed by atoms with E-state index < -0.39 is 0 Å². The van der Waals surface area contributed by atoms with E-state index in [1.165, 1.54) is 22.2 Å². The van der Waals surface area contributed by atoms with Crippen LogP contribution >= 0.6 is 0 Å². The van der Waals surface area contributed by atoms with Crippen molar-refractivity contribution in [2.75, 3.05) is 6.54 Å². The molecule has 3 aromatic carbocycles. The Hall–Kier alpha value is -4.56. The van der Waals surface area contributed by atoms with E-state index in [-0.39, 0.29) is 11.9 Å². The molecule has 0 spiro atoms. The van der Waals surface area contributed by atoms with Crippen molar-refractivity contribution in [3.8, 4) is 28.7 Å². The molecule has 2 aromatic heterocycles. The molecule has 5 aromatic rings. The minimum atomic E-state index is -0.0525. The van der Waals surface area contributed by atoms with Crippen molar-refractivity contribution in [1.82, 2.24) is 19.2 Å². The van der Waals surface area contributed by atoms with E-state index in [0.717, 1.165) is 49.1 Å². The van der Waals surface area contributed by atoms with Crippen LogP contribution in [0, 0.1) is 11.8 Å². The summed E-state index contributed by atoms with van der Waals surface area (Å²) in [6.45, 7) is 5.34. The number of benzene rings is 3. The minimum absolute atomic E-state index is 0.0525. The summed E-state index contributed by atoms with van der Waals surface area (Å²) in [5, 5.41) is 5.90. The van der Waals surface area contributed by atoms with Gasteiger partial charge in [0.1, 0.15) is 0 Å². The summed E-state index contributed by atoms with van der Waals surface area (Å²) in [6, 6.07) is 29.2. The Bertz CT molecular complexity index is 1700. The first-order valence-electron chi connectivity index (χ1n) is 14.2. The van der Waals surface area contributed by atoms with Crippen LogP contribution < -0.4 is 0 Å². The van der Waals surface area contributed by atoms with Crippen molar-refractivity contribution < 1.29 is 4.79 Å². The molecule has 0 bridgehead atoms. The van der Waals surface area contributed by atoms with Crippen LogP contribution in [0.25, 0.3) is 27.7 Å². The summed E-state index contributed by atoms with van der Waals surface area (Å²) in [7, 11) is 0. The Kier molecular flexibility index (Phi) is 7.25. The third-order valence-corrected chi connectivity index (χ3v) is 7.90. The molecule has 1 aliphatic rings. The zero-order valence-electron chi connectivity index (χ0n) is 23.2. The molecule has 1 saturated heterocycles. The predicted molar refractivity (Wildman–Crippen MR) is 161 cm³/mol. The molecular weight excluding hydrogens is 492 g/mol. The number of carbonyl (C=O) groups excluding carboxylic acids is 1. The average Bonchev–Trinajstić information content (AvgIpc) is 3.73. The first kappa shape index (κ1) is 25.7. The zero-order valence-corrected chi connectivity index (χ0v) is 23.2. The van der Waals surface area contributed by atoms with Crippen molar-refractivity contribution in [2.24, 2.45) is 0 Å². The monoisotopic (exact) mass is 526 g/mol. The summed E-state index contributed by atoms with van der Waals surface area (Å²) in [5.74, 6) is 6.45. The summed E-state index contributed by atoms with van der Waals surface area (Å²) in [5.41, 5.74) is 7.36. The Morgan fingerprint density at radius 3 is 2.45 bits per heavy atom. The van der Waals surface area contributed by atoms with Crippen LogP contribution in [0.1, 0.15) is 60.9 Å². The Morgan fingerprint density at radius 2 is 1.70 bits per heavy atom. The van der Waals surface area contributed by atoms with Crippen LogP contribution in [0.3, 0.4) is 0 Å². The van der Waals surface area contributed by atoms with Gasteiger partial charge in [0.2, 0.25) is 0 Å². The molecular formula is C35H34N4O. The molecule has 6 rings (SSSR count). The van der Waals surface area contributed by atoms with Gasteiger partial charge in [0.05, 0.1) is 41.4 Å². The fourth-order valence-electron chi connectivity index (χ4n) is 6.18. The van der Waals surface area contributed by atoms with Crippen molar-refractivity contribution in [3.05, 3.63) is 108 Å². The number of hydrogen-bond acceptors (Lipinski definition) is 2. The van der Waals surface area contributed by atoms with Crippen LogP contribution in [0.4, 0.5) is 0 Å². The van der Waals surface area contributed by atoms with Crippen LogP contribution in [-0.2, 0) is 13.0 Å². The number of para-hydroxylation sites is 2. The molecule has 1 aliphatic heterocycles. The van der Waals surface area contributed by atoms with Gasteiger partial charge in [-0.15, -0.1) is 5.92 Å². The van der Waals surface area contributed by atoms with Gasteiger partial charge in [0.25, 0.3) is 5.91 Å². The quantitative estimate of drug-likeness (QED) is 0.207. The number of aromatic nitrogens is 3. The molecule has 0 saturated carbocycles. The van der Waals surface area contributed by atoms with Crippen molar-refractivity contribution >= 4 is 16.8 Å². The van der Waals surface area contributed by atoms with Crippen LogP contribution in [0.15, 0.2) is 91.1 Å². The highest BCUT2D eigenvalue weighted by Gasteiger charge is 2.37. The first-order valence-corrected chi connectivity index (χ1v) is 14.2. The van der Waals surface area contributed by atoms with E-state index in [2.05, 4.69) is 82.8 Å². The largest absolute Gasteiger partial charge is 0.330 e. The molecule has 3 heterocycles. The average molecular weight is 527 g/mol. The number of amides is 1. The normalized spacial score (nSPS) is 14.8. The second-order valence-electron chi connectivity index (χ2n) is 10.3. The lowest BCUT2D eigenvalue weighted by molar-refractivity contribution is 0.0730. The van der Waals surface area contributed by atoms with Gasteiger partial charge in [-0.3, -0.25) is 4.79 Å². The molecule has 5 nitrogen and oxygen atoms in total. The fourth-order valence-corrected chi connectivity index (χ4v) is 6.18. The fraction of sp³-hybridized carbons (Fsp3) is 0.257. The highest BCUT2D eigenvalue weighted by molar-refractivity contribution is 6.00. The first-order chi connectivity index (χ1) is 19.7. The van der Waals surface area contributed by atoms with Gasteiger partial charge < -0.3 is 9.47 Å². The number of nitrogens with zero attached hydrogens (tertiary/aromatic N) is 4. The van der Waals surface area contributed by atoms with E-state index in [1.54, 1.807) is 6.20 Å². The van der Waals surface area contributed by atoms with E-state index in [1.807, 2.05) is 41.9 Å². The Labute approximate surface area is 236 Å². The number of fused-ring (bicyclic) bond motifs is 1. The third-order valence-electron chi connectivity index (χ3n) is 7.90. The molecule has 0 radical (unpaired) electrons. The maximum absolute atomic E-state index is 14.4. The molecule has 5 heteroatoms. The lowest BCUT2D eigenvalue weighted by Crippen LogP contribution is -2.32. The second kappa shape index (κ2) is 11.3. The Balaban J connectivity index is 1.49. The summed E-state index contributed by atoms with van der Waals surface area (Å²) in [4.78, 5) is 16.5. The smallest absolute Gasteiger partial charge is 0.257 e. The third kappa shape index (κ3) is 4.50. The molecule has 200 valence electrons. The number of hydrogen-bond donors (Lipinski definition) is 0. The topological polar surface area (TPSA) is 43.1 Å². The van der Waals surface area contributed by atoms with Gasteiger partial charge in [0, 0.05) is 23.0 Å². The standard InChI is InChI=1S/C35H34N4O/c1-3-5-23-37-30-21-13-12-20-28(30)33(26-16-8-6-9-17-26)34(37)32-22-14-24-38(32)35(40)29-25-36-39(31(29)15-4-2)27-18-10-7-11-19-27/h6-13,16-21,25,32H,4,14-15,22-24H2,1-2H3. The van der Waals surface area contributed by atoms with Crippen LogP contribution in [0.5, 0.6) is 0 Å². The Morgan fingerprint density at radius 1 is 0.975 bits per heavy atom.